The van der Waals surface area contributed by atoms with Gasteiger partial charge in [-0.15, -0.1) is 0 Å². The average Bonchev–Trinajstić information content (AvgIpc) is 3.46. The largest absolute Gasteiger partial charge is 0.494 e. The van der Waals surface area contributed by atoms with Crippen LogP contribution in [0.2, 0.25) is 0 Å². The van der Waals surface area contributed by atoms with E-state index < -0.39 is 5.25 Å². The first kappa shape index (κ1) is 23.7. The van der Waals surface area contributed by atoms with Gasteiger partial charge in [-0.1, -0.05) is 36.0 Å². The fourth-order valence-corrected chi connectivity index (χ4v) is 5.05. The van der Waals surface area contributed by atoms with Crippen molar-refractivity contribution in [3.8, 4) is 17.2 Å². The minimum absolute atomic E-state index is 0.0400. The number of anilines is 1. The highest BCUT2D eigenvalue weighted by molar-refractivity contribution is 8.15. The Morgan fingerprint density at radius 1 is 1.08 bits per heavy atom. The summed E-state index contributed by atoms with van der Waals surface area (Å²) in [6.07, 6.45) is 0.0400. The van der Waals surface area contributed by atoms with Crippen LogP contribution in [0.3, 0.4) is 0 Å². The molecule has 2 heterocycles. The van der Waals surface area contributed by atoms with E-state index >= 15 is 0 Å². The molecule has 1 fully saturated rings. The summed E-state index contributed by atoms with van der Waals surface area (Å²) in [5.41, 5.74) is 2.26. The summed E-state index contributed by atoms with van der Waals surface area (Å²) in [5, 5.41) is 2.82. The van der Waals surface area contributed by atoms with Crippen LogP contribution in [0.5, 0.6) is 17.2 Å². The fraction of sp³-hybridized carbons (Fsp3) is 0.222. The Balaban J connectivity index is 1.37. The Kier molecular flexibility index (Phi) is 7.08. The standard InChI is InChI=1S/C27H25N3O5S/c1-2-33-21-11-9-20(10-12-21)29-27-30(16-18-8-13-22-23(14-18)35-17-34-22)26(32)24(36-27)15-25(31)28-19-6-4-3-5-7-19/h3-14,24H,2,15-17H2,1H3,(H,28,31)/t24-/m1/s1. The lowest BCUT2D eigenvalue weighted by molar-refractivity contribution is -0.128. The number of hydrogen-bond acceptors (Lipinski definition) is 7. The molecule has 1 N–H and O–H groups in total. The number of carbonyl (C=O) groups is 2. The molecule has 0 bridgehead atoms. The van der Waals surface area contributed by atoms with Crippen molar-refractivity contribution < 1.29 is 23.8 Å². The monoisotopic (exact) mass is 503 g/mol. The zero-order valence-corrected chi connectivity index (χ0v) is 20.5. The lowest BCUT2D eigenvalue weighted by atomic mass is 10.1. The zero-order valence-electron chi connectivity index (χ0n) is 19.7. The van der Waals surface area contributed by atoms with Crippen LogP contribution in [0.15, 0.2) is 77.8 Å². The molecule has 0 radical (unpaired) electrons. The first-order chi connectivity index (χ1) is 17.6. The van der Waals surface area contributed by atoms with Crippen molar-refractivity contribution >= 4 is 40.1 Å². The van der Waals surface area contributed by atoms with Gasteiger partial charge in [-0.05, 0) is 61.0 Å². The summed E-state index contributed by atoms with van der Waals surface area (Å²) in [7, 11) is 0. The van der Waals surface area contributed by atoms with Crippen LogP contribution in [-0.4, -0.2) is 40.5 Å². The van der Waals surface area contributed by atoms with Crippen molar-refractivity contribution in [3.05, 3.63) is 78.4 Å². The number of rotatable bonds is 8. The molecule has 3 aromatic rings. The van der Waals surface area contributed by atoms with Crippen LogP contribution in [0.4, 0.5) is 11.4 Å². The number of amides is 2. The van der Waals surface area contributed by atoms with Gasteiger partial charge >= 0.3 is 0 Å². The number of para-hydroxylation sites is 1. The van der Waals surface area contributed by atoms with Crippen molar-refractivity contribution in [1.29, 1.82) is 0 Å². The number of thioether (sulfide) groups is 1. The highest BCUT2D eigenvalue weighted by atomic mass is 32.2. The molecular weight excluding hydrogens is 478 g/mol. The molecule has 184 valence electrons. The third kappa shape index (κ3) is 5.46. The topological polar surface area (TPSA) is 89.5 Å². The number of carbonyl (C=O) groups excluding carboxylic acids is 2. The van der Waals surface area contributed by atoms with Gasteiger partial charge < -0.3 is 19.5 Å². The number of aliphatic imine (C=N–C) groups is 1. The second-order valence-corrected chi connectivity index (χ2v) is 9.33. The predicted molar refractivity (Wildman–Crippen MR) is 139 cm³/mol. The Morgan fingerprint density at radius 2 is 1.86 bits per heavy atom. The van der Waals surface area contributed by atoms with E-state index in [4.69, 9.17) is 19.2 Å². The summed E-state index contributed by atoms with van der Waals surface area (Å²) in [4.78, 5) is 32.5. The lowest BCUT2D eigenvalue weighted by Crippen LogP contribution is -2.33. The lowest BCUT2D eigenvalue weighted by Gasteiger charge is -2.17. The van der Waals surface area contributed by atoms with Gasteiger partial charge in [0.25, 0.3) is 0 Å². The molecule has 0 spiro atoms. The van der Waals surface area contributed by atoms with E-state index in [-0.39, 0.29) is 25.0 Å². The summed E-state index contributed by atoms with van der Waals surface area (Å²) in [5.74, 6) is 1.70. The SMILES string of the molecule is CCOc1ccc(N=C2S[C@H](CC(=O)Nc3ccccc3)C(=O)N2Cc2ccc3c(c2)OCO3)cc1. The zero-order chi connectivity index (χ0) is 24.9. The molecule has 0 aliphatic carbocycles. The maximum atomic E-state index is 13.4. The van der Waals surface area contributed by atoms with Gasteiger partial charge in [-0.25, -0.2) is 4.99 Å². The van der Waals surface area contributed by atoms with E-state index in [2.05, 4.69) is 5.32 Å². The van der Waals surface area contributed by atoms with E-state index in [1.807, 2.05) is 79.7 Å². The molecular formula is C27H25N3O5S. The first-order valence-corrected chi connectivity index (χ1v) is 12.5. The molecule has 2 amide bonds. The normalized spacial score (nSPS) is 17.5. The van der Waals surface area contributed by atoms with Crippen molar-refractivity contribution in [2.45, 2.75) is 25.1 Å². The van der Waals surface area contributed by atoms with Gasteiger partial charge in [-0.3, -0.25) is 14.5 Å². The van der Waals surface area contributed by atoms with E-state index in [9.17, 15) is 9.59 Å². The molecule has 1 atom stereocenters. The summed E-state index contributed by atoms with van der Waals surface area (Å²) in [6, 6.07) is 22.2. The molecule has 9 heteroatoms. The third-order valence-electron chi connectivity index (χ3n) is 5.60. The molecule has 2 aliphatic heterocycles. The summed E-state index contributed by atoms with van der Waals surface area (Å²) in [6.45, 7) is 2.99. The van der Waals surface area contributed by atoms with E-state index in [0.29, 0.717) is 41.2 Å². The third-order valence-corrected chi connectivity index (χ3v) is 6.77. The van der Waals surface area contributed by atoms with Gasteiger partial charge in [0.2, 0.25) is 18.6 Å². The van der Waals surface area contributed by atoms with Gasteiger partial charge in [0.05, 0.1) is 18.8 Å². The van der Waals surface area contributed by atoms with Gasteiger partial charge in [0.1, 0.15) is 11.0 Å². The van der Waals surface area contributed by atoms with Crippen molar-refractivity contribution in [2.24, 2.45) is 4.99 Å². The molecule has 2 aliphatic rings. The Morgan fingerprint density at radius 3 is 2.64 bits per heavy atom. The average molecular weight is 504 g/mol. The first-order valence-electron chi connectivity index (χ1n) is 11.6. The highest BCUT2D eigenvalue weighted by Gasteiger charge is 2.39. The molecule has 0 aromatic heterocycles. The summed E-state index contributed by atoms with van der Waals surface area (Å²) >= 11 is 1.30. The highest BCUT2D eigenvalue weighted by Crippen LogP contribution is 2.36. The van der Waals surface area contributed by atoms with Crippen molar-refractivity contribution in [2.75, 3.05) is 18.7 Å². The number of fused-ring (bicyclic) bond motifs is 1. The van der Waals surface area contributed by atoms with Crippen molar-refractivity contribution in [3.63, 3.8) is 0 Å². The molecule has 36 heavy (non-hydrogen) atoms. The number of ether oxygens (including phenoxy) is 3. The van der Waals surface area contributed by atoms with Crippen LogP contribution in [0, 0.1) is 0 Å². The maximum absolute atomic E-state index is 13.4. The van der Waals surface area contributed by atoms with Crippen LogP contribution in [0.25, 0.3) is 0 Å². The smallest absolute Gasteiger partial charge is 0.242 e. The Bertz CT molecular complexity index is 1280. The van der Waals surface area contributed by atoms with Gasteiger partial charge in [0.15, 0.2) is 16.7 Å². The predicted octanol–water partition coefficient (Wildman–Crippen LogP) is 4.97. The number of benzene rings is 3. The van der Waals surface area contributed by atoms with E-state index in [0.717, 1.165) is 11.3 Å². The Hall–Kier alpha value is -3.98. The number of amidine groups is 1. The van der Waals surface area contributed by atoms with Crippen molar-refractivity contribution in [1.82, 2.24) is 4.90 Å². The van der Waals surface area contributed by atoms with E-state index in [1.54, 1.807) is 4.90 Å². The summed E-state index contributed by atoms with van der Waals surface area (Å²) < 4.78 is 16.4. The van der Waals surface area contributed by atoms with Crippen LogP contribution < -0.4 is 19.5 Å². The van der Waals surface area contributed by atoms with Crippen LogP contribution in [0.1, 0.15) is 18.9 Å². The molecule has 3 aromatic carbocycles. The molecule has 8 nitrogen and oxygen atoms in total. The molecule has 0 saturated carbocycles. The second-order valence-electron chi connectivity index (χ2n) is 8.16. The fourth-order valence-electron chi connectivity index (χ4n) is 3.89. The minimum atomic E-state index is -0.579. The van der Waals surface area contributed by atoms with Gasteiger partial charge in [0, 0.05) is 12.1 Å². The number of hydrogen-bond donors (Lipinski definition) is 1. The van der Waals surface area contributed by atoms with Crippen LogP contribution in [-0.2, 0) is 16.1 Å². The number of nitrogens with one attached hydrogen (secondary N) is 1. The minimum Gasteiger partial charge on any atom is -0.494 e. The Labute approximate surface area is 213 Å². The molecule has 5 rings (SSSR count). The molecule has 0 unspecified atom stereocenters. The molecule has 1 saturated heterocycles. The quantitative estimate of drug-likeness (QED) is 0.467. The van der Waals surface area contributed by atoms with Crippen LogP contribution >= 0.6 is 11.8 Å². The maximum Gasteiger partial charge on any atom is 0.242 e. The van der Waals surface area contributed by atoms with Gasteiger partial charge in [-0.2, -0.15) is 0 Å². The second kappa shape index (κ2) is 10.7. The number of nitrogens with zero attached hydrogens (tertiary/aromatic N) is 2. The van der Waals surface area contributed by atoms with E-state index in [1.165, 1.54) is 11.8 Å².